The Balaban J connectivity index is 1.46. The van der Waals surface area contributed by atoms with Crippen LogP contribution in [0.2, 0.25) is 0 Å². The van der Waals surface area contributed by atoms with Crippen molar-refractivity contribution in [2.75, 3.05) is 36.5 Å². The molecule has 5 rings (SSSR count). The van der Waals surface area contributed by atoms with Crippen LogP contribution in [0.15, 0.2) is 61.1 Å². The summed E-state index contributed by atoms with van der Waals surface area (Å²) in [5.41, 5.74) is 9.90. The van der Waals surface area contributed by atoms with Gasteiger partial charge in [-0.3, -0.25) is 4.79 Å². The first-order valence-electron chi connectivity index (χ1n) is 9.98. The van der Waals surface area contributed by atoms with Crippen molar-refractivity contribution in [2.24, 2.45) is 5.73 Å². The minimum absolute atomic E-state index is 0.422. The van der Waals surface area contributed by atoms with E-state index >= 15 is 0 Å². The summed E-state index contributed by atoms with van der Waals surface area (Å²) in [6, 6.07) is 15.2. The summed E-state index contributed by atoms with van der Waals surface area (Å²) in [6.45, 7) is 3.28. The molecule has 0 saturated carbocycles. The predicted octanol–water partition coefficient (Wildman–Crippen LogP) is 2.47. The molecule has 1 aliphatic heterocycles. The number of carbonyl (C=O) groups is 1. The number of primary amides is 1. The molecule has 4 aromatic rings. The van der Waals surface area contributed by atoms with Crippen LogP contribution < -0.4 is 16.0 Å². The van der Waals surface area contributed by atoms with Crippen molar-refractivity contribution in [2.45, 2.75) is 0 Å². The maximum absolute atomic E-state index is 11.6. The quantitative estimate of drug-likeness (QED) is 0.515. The Morgan fingerprint density at radius 2 is 1.90 bits per heavy atom. The number of nitrogens with two attached hydrogens (primary N) is 1. The average molecular weight is 415 g/mol. The average Bonchev–Trinajstić information content (AvgIpc) is 3.29. The fourth-order valence-corrected chi connectivity index (χ4v) is 3.60. The summed E-state index contributed by atoms with van der Waals surface area (Å²) in [4.78, 5) is 22.9. The van der Waals surface area contributed by atoms with E-state index in [1.54, 1.807) is 28.9 Å². The number of fused-ring (bicyclic) bond motifs is 1. The number of rotatable bonds is 5. The summed E-state index contributed by atoms with van der Waals surface area (Å²) >= 11 is 0. The number of ether oxygens (including phenoxy) is 1. The highest BCUT2D eigenvalue weighted by atomic mass is 16.5. The second kappa shape index (κ2) is 8.04. The zero-order chi connectivity index (χ0) is 21.2. The van der Waals surface area contributed by atoms with E-state index in [9.17, 15) is 4.79 Å². The summed E-state index contributed by atoms with van der Waals surface area (Å²) < 4.78 is 7.08. The third-order valence-electron chi connectivity index (χ3n) is 5.21. The summed E-state index contributed by atoms with van der Waals surface area (Å²) in [5.74, 6) is 0.0843. The first-order valence-corrected chi connectivity index (χ1v) is 9.98. The molecular formula is C22H21N7O2. The molecule has 1 aliphatic rings. The van der Waals surface area contributed by atoms with Crippen molar-refractivity contribution < 1.29 is 9.53 Å². The van der Waals surface area contributed by atoms with Gasteiger partial charge in [0.1, 0.15) is 6.33 Å². The van der Waals surface area contributed by atoms with Crippen LogP contribution in [0.1, 0.15) is 10.4 Å². The molecule has 156 valence electrons. The van der Waals surface area contributed by atoms with Crippen molar-refractivity contribution in [1.82, 2.24) is 19.6 Å². The number of benzene rings is 2. The number of carbonyl (C=O) groups excluding carboxylic acids is 1. The van der Waals surface area contributed by atoms with E-state index in [0.29, 0.717) is 22.7 Å². The Hall–Kier alpha value is -3.98. The minimum Gasteiger partial charge on any atom is -0.378 e. The lowest BCUT2D eigenvalue weighted by Gasteiger charge is -2.28. The lowest BCUT2D eigenvalue weighted by Crippen LogP contribution is -2.36. The Bertz CT molecular complexity index is 1230. The molecule has 1 amide bonds. The first kappa shape index (κ1) is 19.0. The van der Waals surface area contributed by atoms with Gasteiger partial charge < -0.3 is 20.7 Å². The fourth-order valence-electron chi connectivity index (χ4n) is 3.60. The smallest absolute Gasteiger partial charge is 0.248 e. The highest BCUT2D eigenvalue weighted by Gasteiger charge is 2.13. The third kappa shape index (κ3) is 3.90. The lowest BCUT2D eigenvalue weighted by atomic mass is 10.1. The molecule has 0 unspecified atom stereocenters. The third-order valence-corrected chi connectivity index (χ3v) is 5.21. The molecule has 9 nitrogen and oxygen atoms in total. The molecule has 0 radical (unpaired) electrons. The summed E-state index contributed by atoms with van der Waals surface area (Å²) in [6.07, 6.45) is 3.25. The largest absolute Gasteiger partial charge is 0.378 e. The summed E-state index contributed by atoms with van der Waals surface area (Å²) in [7, 11) is 0. The second-order valence-electron chi connectivity index (χ2n) is 7.22. The Morgan fingerprint density at radius 1 is 1.10 bits per heavy atom. The highest BCUT2D eigenvalue weighted by molar-refractivity contribution is 5.94. The number of hydrogen-bond acceptors (Lipinski definition) is 7. The SMILES string of the molecule is NC(=O)c1cccc(-c2cn3ncnc3c(Nc3ccc(N4CCOCC4)cc3)n2)c1. The van der Waals surface area contributed by atoms with Gasteiger partial charge in [-0.1, -0.05) is 12.1 Å². The molecule has 3 heterocycles. The molecule has 2 aromatic carbocycles. The number of morpholine rings is 1. The van der Waals surface area contributed by atoms with Crippen molar-refractivity contribution in [3.63, 3.8) is 0 Å². The normalized spacial score (nSPS) is 14.0. The van der Waals surface area contributed by atoms with Crippen LogP contribution in [0.25, 0.3) is 16.9 Å². The van der Waals surface area contributed by atoms with E-state index in [0.717, 1.165) is 43.2 Å². The van der Waals surface area contributed by atoms with Crippen molar-refractivity contribution in [3.05, 3.63) is 66.6 Å². The second-order valence-corrected chi connectivity index (χ2v) is 7.22. The lowest BCUT2D eigenvalue weighted by molar-refractivity contribution is 0.100. The van der Waals surface area contributed by atoms with E-state index in [2.05, 4.69) is 32.4 Å². The number of nitrogens with zero attached hydrogens (tertiary/aromatic N) is 5. The highest BCUT2D eigenvalue weighted by Crippen LogP contribution is 2.26. The van der Waals surface area contributed by atoms with Crippen molar-refractivity contribution in [1.29, 1.82) is 0 Å². The molecule has 9 heteroatoms. The fraction of sp³-hybridized carbons (Fsp3) is 0.182. The van der Waals surface area contributed by atoms with Gasteiger partial charge in [-0.25, -0.2) is 14.5 Å². The monoisotopic (exact) mass is 415 g/mol. The van der Waals surface area contributed by atoms with Crippen molar-refractivity contribution >= 4 is 28.7 Å². The van der Waals surface area contributed by atoms with E-state index in [1.807, 2.05) is 18.2 Å². The van der Waals surface area contributed by atoms with Crippen LogP contribution in [0.5, 0.6) is 0 Å². The number of nitrogens with one attached hydrogen (secondary N) is 1. The Morgan fingerprint density at radius 3 is 2.68 bits per heavy atom. The molecule has 0 bridgehead atoms. The van der Waals surface area contributed by atoms with E-state index in [1.165, 1.54) is 6.33 Å². The number of anilines is 3. The van der Waals surface area contributed by atoms with Crippen molar-refractivity contribution in [3.8, 4) is 11.3 Å². The molecule has 0 aliphatic carbocycles. The van der Waals surface area contributed by atoms with Gasteiger partial charge in [-0.2, -0.15) is 5.10 Å². The van der Waals surface area contributed by atoms with Crippen LogP contribution in [-0.4, -0.2) is 51.8 Å². The summed E-state index contributed by atoms with van der Waals surface area (Å²) in [5, 5.41) is 7.60. The Labute approximate surface area is 178 Å². The van der Waals surface area contributed by atoms with Gasteiger partial charge in [0.2, 0.25) is 5.91 Å². The van der Waals surface area contributed by atoms with Gasteiger partial charge in [0.15, 0.2) is 11.5 Å². The molecule has 0 atom stereocenters. The molecule has 31 heavy (non-hydrogen) atoms. The predicted molar refractivity (Wildman–Crippen MR) is 117 cm³/mol. The van der Waals surface area contributed by atoms with Crippen LogP contribution in [-0.2, 0) is 4.74 Å². The van der Waals surface area contributed by atoms with Crippen LogP contribution in [0.4, 0.5) is 17.2 Å². The van der Waals surface area contributed by atoms with Gasteiger partial charge in [0.05, 0.1) is 25.1 Å². The van der Waals surface area contributed by atoms with Crippen LogP contribution >= 0.6 is 0 Å². The maximum atomic E-state index is 11.6. The van der Waals surface area contributed by atoms with Gasteiger partial charge in [0, 0.05) is 35.6 Å². The first-order chi connectivity index (χ1) is 15.2. The standard InChI is InChI=1S/C22H21N7O2/c23-20(30)16-3-1-2-15(12-16)19-13-29-22(24-14-25-29)21(27-19)26-17-4-6-18(7-5-17)28-8-10-31-11-9-28/h1-7,12-14H,8-11H2,(H2,23,30)(H,26,27). The molecule has 0 spiro atoms. The van der Waals surface area contributed by atoms with E-state index < -0.39 is 5.91 Å². The zero-order valence-corrected chi connectivity index (χ0v) is 16.7. The molecule has 1 fully saturated rings. The van der Waals surface area contributed by atoms with Gasteiger partial charge in [0.25, 0.3) is 0 Å². The molecule has 2 aromatic heterocycles. The van der Waals surface area contributed by atoms with Gasteiger partial charge >= 0.3 is 0 Å². The topological polar surface area (TPSA) is 111 Å². The molecule has 3 N–H and O–H groups in total. The van der Waals surface area contributed by atoms with Crippen LogP contribution in [0.3, 0.4) is 0 Å². The van der Waals surface area contributed by atoms with Gasteiger partial charge in [-0.05, 0) is 36.4 Å². The Kier molecular flexibility index (Phi) is 4.93. The number of aromatic nitrogens is 4. The molecular weight excluding hydrogens is 394 g/mol. The van der Waals surface area contributed by atoms with E-state index in [4.69, 9.17) is 15.5 Å². The number of amides is 1. The zero-order valence-electron chi connectivity index (χ0n) is 16.7. The number of hydrogen-bond donors (Lipinski definition) is 2. The minimum atomic E-state index is -0.484. The maximum Gasteiger partial charge on any atom is 0.248 e. The van der Waals surface area contributed by atoms with Gasteiger partial charge in [-0.15, -0.1) is 0 Å². The molecule has 1 saturated heterocycles. The van der Waals surface area contributed by atoms with E-state index in [-0.39, 0.29) is 0 Å². The van der Waals surface area contributed by atoms with Crippen LogP contribution in [0, 0.1) is 0 Å².